The third kappa shape index (κ3) is 4.59. The van der Waals surface area contributed by atoms with E-state index in [1.54, 1.807) is 48.9 Å². The average Bonchev–Trinajstić information content (AvgIpc) is 2.46. The van der Waals surface area contributed by atoms with Crippen molar-refractivity contribution < 1.29 is 21.6 Å². The van der Waals surface area contributed by atoms with E-state index in [-0.39, 0.29) is 4.90 Å². The minimum atomic E-state index is -3.86. The summed E-state index contributed by atoms with van der Waals surface area (Å²) in [5.74, 6) is -0.00426. The van der Waals surface area contributed by atoms with Gasteiger partial charge in [-0.05, 0) is 55.8 Å². The lowest BCUT2D eigenvalue weighted by molar-refractivity contribution is -0.131. The summed E-state index contributed by atoms with van der Waals surface area (Å²) in [7, 11) is -5.91. The zero-order chi connectivity index (χ0) is 18.0. The molecule has 0 aliphatic rings. The highest BCUT2D eigenvalue weighted by Gasteiger charge is 2.26. The highest BCUT2D eigenvalue weighted by molar-refractivity contribution is 8.32. The third-order valence-corrected chi connectivity index (χ3v) is 7.56. The fourth-order valence-electron chi connectivity index (χ4n) is 2.01. The van der Waals surface area contributed by atoms with Crippen molar-refractivity contribution in [2.45, 2.75) is 23.6 Å². The van der Waals surface area contributed by atoms with E-state index in [1.165, 1.54) is 19.1 Å². The fourth-order valence-corrected chi connectivity index (χ4v) is 5.69. The molecule has 0 bridgehead atoms. The summed E-state index contributed by atoms with van der Waals surface area (Å²) in [6.07, 6.45) is 3.50. The number of hydrogen-bond donors (Lipinski definition) is 0. The van der Waals surface area contributed by atoms with Crippen LogP contribution in [0.1, 0.15) is 12.5 Å². The van der Waals surface area contributed by atoms with Crippen molar-refractivity contribution in [3.63, 3.8) is 0 Å². The molecular formula is C17H20O5S2. The summed E-state index contributed by atoms with van der Waals surface area (Å²) in [6.45, 7) is 3.21. The third-order valence-electron chi connectivity index (χ3n) is 3.22. The average molecular weight is 368 g/mol. The van der Waals surface area contributed by atoms with Gasteiger partial charge in [0.25, 0.3) is 0 Å². The highest BCUT2D eigenvalue weighted by atomic mass is 32.3. The molecular weight excluding hydrogens is 348 g/mol. The lowest BCUT2D eigenvalue weighted by atomic mass is 10.2. The minimum absolute atomic E-state index is 0.130. The van der Waals surface area contributed by atoms with Crippen LogP contribution in [0.15, 0.2) is 58.3 Å². The molecule has 0 aromatic heterocycles. The van der Waals surface area contributed by atoms with Crippen molar-refractivity contribution >= 4 is 26.4 Å². The zero-order valence-corrected chi connectivity index (χ0v) is 15.6. The number of aryl methyl sites for hydroxylation is 1. The van der Waals surface area contributed by atoms with Crippen LogP contribution in [-0.2, 0) is 18.5 Å². The number of hydrogen-bond acceptors (Lipinski definition) is 5. The second kappa shape index (κ2) is 6.96. The standard InChI is InChI=1S/C17H20O5S2/c1-13-5-9-17(10-6-13)24(19,20)22-23(3,4)16-11-7-15(8-12-16)21-14(2)18/h5-12H,1-4H3. The maximum atomic E-state index is 12.5. The number of ether oxygens (including phenoxy) is 1. The molecule has 0 atom stereocenters. The van der Waals surface area contributed by atoms with Crippen LogP contribution in [0, 0.1) is 6.92 Å². The fraction of sp³-hybridized carbons (Fsp3) is 0.235. The molecule has 0 fully saturated rings. The van der Waals surface area contributed by atoms with Crippen LogP contribution < -0.4 is 4.74 Å². The van der Waals surface area contributed by atoms with E-state index in [9.17, 15) is 13.2 Å². The van der Waals surface area contributed by atoms with Crippen LogP contribution in [0.5, 0.6) is 5.75 Å². The van der Waals surface area contributed by atoms with E-state index >= 15 is 0 Å². The predicted molar refractivity (Wildman–Crippen MR) is 94.9 cm³/mol. The molecule has 2 aromatic carbocycles. The van der Waals surface area contributed by atoms with Crippen molar-refractivity contribution in [3.8, 4) is 5.75 Å². The molecule has 0 heterocycles. The van der Waals surface area contributed by atoms with Gasteiger partial charge in [0.15, 0.2) is 0 Å². The van der Waals surface area contributed by atoms with E-state index in [4.69, 9.17) is 8.37 Å². The van der Waals surface area contributed by atoms with Crippen molar-refractivity contribution in [1.82, 2.24) is 0 Å². The summed E-state index contributed by atoms with van der Waals surface area (Å²) < 4.78 is 35.4. The molecule has 0 N–H and O–H groups in total. The molecule has 24 heavy (non-hydrogen) atoms. The molecule has 0 unspecified atom stereocenters. The Kier molecular flexibility index (Phi) is 5.37. The topological polar surface area (TPSA) is 69.7 Å². The van der Waals surface area contributed by atoms with Crippen molar-refractivity contribution in [2.24, 2.45) is 0 Å². The SMILES string of the molecule is CC(=O)Oc1ccc(S(C)(C)OS(=O)(=O)c2ccc(C)cc2)cc1. The van der Waals surface area contributed by atoms with Crippen LogP contribution >= 0.6 is 10.3 Å². The summed E-state index contributed by atoms with van der Waals surface area (Å²) in [6, 6.07) is 13.2. The van der Waals surface area contributed by atoms with E-state index < -0.39 is 26.4 Å². The molecule has 0 saturated carbocycles. The van der Waals surface area contributed by atoms with E-state index in [2.05, 4.69) is 0 Å². The van der Waals surface area contributed by atoms with Gasteiger partial charge in [0.05, 0.1) is 4.90 Å². The van der Waals surface area contributed by atoms with Gasteiger partial charge in [0, 0.05) is 11.8 Å². The first-order valence-corrected chi connectivity index (χ1v) is 10.9. The van der Waals surface area contributed by atoms with Crippen molar-refractivity contribution in [1.29, 1.82) is 0 Å². The Morgan fingerprint density at radius 1 is 0.875 bits per heavy atom. The number of benzene rings is 2. The molecule has 0 aliphatic carbocycles. The lowest BCUT2D eigenvalue weighted by Crippen LogP contribution is -2.11. The van der Waals surface area contributed by atoms with Crippen LogP contribution in [0.2, 0.25) is 0 Å². The van der Waals surface area contributed by atoms with Crippen LogP contribution in [0.4, 0.5) is 0 Å². The Labute approximate surface area is 144 Å². The van der Waals surface area contributed by atoms with Crippen LogP contribution in [-0.4, -0.2) is 26.9 Å². The molecule has 2 aromatic rings. The molecule has 0 spiro atoms. The molecule has 0 saturated heterocycles. The van der Waals surface area contributed by atoms with Gasteiger partial charge in [-0.25, -0.2) is 3.63 Å². The Hall–Kier alpha value is -1.83. The van der Waals surface area contributed by atoms with Gasteiger partial charge in [-0.2, -0.15) is 8.42 Å². The van der Waals surface area contributed by atoms with Gasteiger partial charge in [-0.1, -0.05) is 28.0 Å². The van der Waals surface area contributed by atoms with Gasteiger partial charge in [0.2, 0.25) is 0 Å². The smallest absolute Gasteiger partial charge is 0.308 e. The van der Waals surface area contributed by atoms with Gasteiger partial charge in [0.1, 0.15) is 5.75 Å². The quantitative estimate of drug-likeness (QED) is 0.595. The Balaban J connectivity index is 2.23. The maximum Gasteiger partial charge on any atom is 0.308 e. The van der Waals surface area contributed by atoms with Crippen LogP contribution in [0.25, 0.3) is 0 Å². The monoisotopic (exact) mass is 368 g/mol. The van der Waals surface area contributed by atoms with E-state index in [0.29, 0.717) is 5.75 Å². The molecule has 0 amide bonds. The van der Waals surface area contributed by atoms with Gasteiger partial charge in [-0.15, -0.1) is 0 Å². The molecule has 0 radical (unpaired) electrons. The molecule has 7 heteroatoms. The van der Waals surface area contributed by atoms with Gasteiger partial charge < -0.3 is 4.74 Å². The zero-order valence-electron chi connectivity index (χ0n) is 14.0. The summed E-state index contributed by atoms with van der Waals surface area (Å²) in [5, 5.41) is 0. The number of carbonyl (C=O) groups is 1. The van der Waals surface area contributed by atoms with Gasteiger partial charge in [-0.3, -0.25) is 4.79 Å². The molecule has 0 aliphatic heterocycles. The Bertz CT molecular complexity index is 822. The summed E-state index contributed by atoms with van der Waals surface area (Å²) >= 11 is 0. The lowest BCUT2D eigenvalue weighted by Gasteiger charge is -2.30. The van der Waals surface area contributed by atoms with Gasteiger partial charge >= 0.3 is 16.1 Å². The second-order valence-corrected chi connectivity index (χ2v) is 10.5. The minimum Gasteiger partial charge on any atom is -0.427 e. The first-order chi connectivity index (χ1) is 11.1. The predicted octanol–water partition coefficient (Wildman–Crippen LogP) is 3.66. The number of esters is 1. The Morgan fingerprint density at radius 2 is 1.38 bits per heavy atom. The normalized spacial score (nSPS) is 12.7. The molecule has 5 nitrogen and oxygen atoms in total. The first kappa shape index (κ1) is 18.5. The molecule has 2 rings (SSSR count). The molecule has 130 valence electrons. The van der Waals surface area contributed by atoms with E-state index in [1.807, 2.05) is 6.92 Å². The Morgan fingerprint density at radius 3 is 1.88 bits per heavy atom. The number of rotatable bonds is 5. The summed E-state index contributed by atoms with van der Waals surface area (Å²) in [5.41, 5.74) is 0.974. The largest absolute Gasteiger partial charge is 0.427 e. The first-order valence-electron chi connectivity index (χ1n) is 7.15. The van der Waals surface area contributed by atoms with Crippen molar-refractivity contribution in [3.05, 3.63) is 54.1 Å². The maximum absolute atomic E-state index is 12.5. The van der Waals surface area contributed by atoms with Crippen molar-refractivity contribution in [2.75, 3.05) is 12.5 Å². The van der Waals surface area contributed by atoms with E-state index in [0.717, 1.165) is 10.5 Å². The van der Waals surface area contributed by atoms with Crippen LogP contribution in [0.3, 0.4) is 0 Å². The second-order valence-electron chi connectivity index (χ2n) is 5.63. The summed E-state index contributed by atoms with van der Waals surface area (Å²) in [4.78, 5) is 11.8. The highest BCUT2D eigenvalue weighted by Crippen LogP contribution is 2.52. The number of carbonyl (C=O) groups excluding carboxylic acids is 1.